The smallest absolute Gasteiger partial charge is 0.271 e. The number of fused-ring (bicyclic) bond motifs is 1. The van der Waals surface area contributed by atoms with E-state index >= 15 is 0 Å². The molecule has 0 spiro atoms. The van der Waals surface area contributed by atoms with Crippen LogP contribution < -0.4 is 10.3 Å². The van der Waals surface area contributed by atoms with Crippen LogP contribution in [0.1, 0.15) is 67.1 Å². The van der Waals surface area contributed by atoms with E-state index < -0.39 is 0 Å². The molecule has 1 amide bonds. The number of nitrogens with zero attached hydrogens (tertiary/aromatic N) is 2. The van der Waals surface area contributed by atoms with Crippen molar-refractivity contribution in [3.05, 3.63) is 63.7 Å². The van der Waals surface area contributed by atoms with Gasteiger partial charge in [0.05, 0.1) is 6.21 Å². The van der Waals surface area contributed by atoms with Crippen molar-refractivity contribution in [2.24, 2.45) is 5.10 Å². The number of hydrazone groups is 1. The van der Waals surface area contributed by atoms with E-state index in [0.29, 0.717) is 16.5 Å². The molecule has 0 aliphatic carbocycles. The van der Waals surface area contributed by atoms with Crippen LogP contribution in [0.3, 0.4) is 0 Å². The van der Waals surface area contributed by atoms with Crippen LogP contribution in [0.2, 0.25) is 5.02 Å². The summed E-state index contributed by atoms with van der Waals surface area (Å²) in [6.07, 6.45) is 2.84. The molecule has 3 rings (SSSR count). The van der Waals surface area contributed by atoms with Crippen molar-refractivity contribution in [1.82, 2.24) is 5.43 Å². The summed E-state index contributed by atoms with van der Waals surface area (Å²) in [6, 6.07) is 11.2. The van der Waals surface area contributed by atoms with E-state index in [-0.39, 0.29) is 11.4 Å². The fourth-order valence-corrected chi connectivity index (χ4v) is 4.34. The second-order valence-electron chi connectivity index (χ2n) is 8.14. The van der Waals surface area contributed by atoms with Crippen molar-refractivity contribution >= 4 is 29.4 Å². The van der Waals surface area contributed by atoms with Gasteiger partial charge in [-0.2, -0.15) is 5.10 Å². The molecule has 148 valence electrons. The monoisotopic (exact) mass is 397 g/mol. The maximum atomic E-state index is 12.2. The molecule has 1 aliphatic rings. The molecule has 1 unspecified atom stereocenters. The summed E-state index contributed by atoms with van der Waals surface area (Å²) in [7, 11) is 0. The van der Waals surface area contributed by atoms with Gasteiger partial charge in [0.2, 0.25) is 0 Å². The lowest BCUT2D eigenvalue weighted by molar-refractivity contribution is 0.0955. The van der Waals surface area contributed by atoms with Gasteiger partial charge in [0.1, 0.15) is 0 Å². The Kier molecular flexibility index (Phi) is 5.80. The third-order valence-electron chi connectivity index (χ3n) is 5.57. The lowest BCUT2D eigenvalue weighted by Gasteiger charge is -2.47. The lowest BCUT2D eigenvalue weighted by atomic mass is 9.79. The molecule has 2 aromatic rings. The fourth-order valence-electron chi connectivity index (χ4n) is 4.21. The van der Waals surface area contributed by atoms with Gasteiger partial charge < -0.3 is 4.90 Å². The molecule has 0 fully saturated rings. The zero-order chi connectivity index (χ0) is 20.5. The number of carbonyl (C=O) groups excluding carboxylic acids is 1. The summed E-state index contributed by atoms with van der Waals surface area (Å²) >= 11 is 5.86. The Bertz CT molecular complexity index is 903. The minimum absolute atomic E-state index is 0.149. The van der Waals surface area contributed by atoms with Crippen LogP contribution in [0.5, 0.6) is 0 Å². The molecule has 0 saturated heterocycles. The number of amides is 1. The van der Waals surface area contributed by atoms with Crippen LogP contribution in [0.25, 0.3) is 0 Å². The zero-order valence-electron chi connectivity index (χ0n) is 17.2. The molecule has 2 aromatic carbocycles. The van der Waals surface area contributed by atoms with E-state index in [0.717, 1.165) is 24.1 Å². The number of anilines is 1. The van der Waals surface area contributed by atoms with Gasteiger partial charge in [-0.15, -0.1) is 0 Å². The second-order valence-corrected chi connectivity index (χ2v) is 8.57. The topological polar surface area (TPSA) is 44.7 Å². The molecular formula is C23H28ClN3O. The fraction of sp³-hybridized carbons (Fsp3) is 0.391. The Morgan fingerprint density at radius 3 is 2.64 bits per heavy atom. The standard InChI is InChI=1S/C23H28ClN3O/c1-6-27-21-11-15(2)18(12-20(21)16(3)13-23(27,4)5)14-25-26-22(28)17-7-9-19(24)10-8-17/h7-12,14,16H,6,13H2,1-5H3,(H,26,28)/b25-14-. The molecule has 28 heavy (non-hydrogen) atoms. The van der Waals surface area contributed by atoms with Crippen molar-refractivity contribution in [1.29, 1.82) is 0 Å². The molecule has 0 bridgehead atoms. The third kappa shape index (κ3) is 4.07. The van der Waals surface area contributed by atoms with E-state index in [1.807, 2.05) is 0 Å². The summed E-state index contributed by atoms with van der Waals surface area (Å²) < 4.78 is 0. The number of nitrogens with one attached hydrogen (secondary N) is 1. The molecule has 1 atom stereocenters. The first kappa shape index (κ1) is 20.4. The van der Waals surface area contributed by atoms with E-state index in [1.54, 1.807) is 30.5 Å². The quantitative estimate of drug-likeness (QED) is 0.545. The predicted octanol–water partition coefficient (Wildman–Crippen LogP) is 5.52. The number of benzene rings is 2. The van der Waals surface area contributed by atoms with Gasteiger partial charge in [0, 0.05) is 28.4 Å². The van der Waals surface area contributed by atoms with E-state index in [4.69, 9.17) is 11.6 Å². The maximum absolute atomic E-state index is 12.2. The van der Waals surface area contributed by atoms with E-state index in [1.165, 1.54) is 11.3 Å². The van der Waals surface area contributed by atoms with Gasteiger partial charge >= 0.3 is 0 Å². The van der Waals surface area contributed by atoms with Crippen molar-refractivity contribution < 1.29 is 4.79 Å². The predicted molar refractivity (Wildman–Crippen MR) is 118 cm³/mol. The average molecular weight is 398 g/mol. The zero-order valence-corrected chi connectivity index (χ0v) is 18.0. The molecule has 5 heteroatoms. The molecule has 1 aliphatic heterocycles. The summed E-state index contributed by atoms with van der Waals surface area (Å²) in [5.41, 5.74) is 8.10. The van der Waals surface area contributed by atoms with Gasteiger partial charge in [-0.1, -0.05) is 18.5 Å². The Morgan fingerprint density at radius 1 is 1.32 bits per heavy atom. The van der Waals surface area contributed by atoms with Gasteiger partial charge in [0.15, 0.2) is 0 Å². The molecule has 4 nitrogen and oxygen atoms in total. The summed E-state index contributed by atoms with van der Waals surface area (Å²) in [5, 5.41) is 4.77. The van der Waals surface area contributed by atoms with Gasteiger partial charge in [-0.05, 0) is 93.1 Å². The Hall–Kier alpha value is -2.33. The number of rotatable bonds is 4. The van der Waals surface area contributed by atoms with Crippen LogP contribution >= 0.6 is 11.6 Å². The number of aryl methyl sites for hydroxylation is 1. The molecule has 0 saturated carbocycles. The van der Waals surface area contributed by atoms with Crippen LogP contribution in [0, 0.1) is 6.92 Å². The van der Waals surface area contributed by atoms with Gasteiger partial charge in [0.25, 0.3) is 5.91 Å². The van der Waals surface area contributed by atoms with E-state index in [9.17, 15) is 4.79 Å². The van der Waals surface area contributed by atoms with Gasteiger partial charge in [-0.25, -0.2) is 5.43 Å². The minimum Gasteiger partial charge on any atom is -0.366 e. The largest absolute Gasteiger partial charge is 0.366 e. The number of carbonyl (C=O) groups is 1. The highest BCUT2D eigenvalue weighted by molar-refractivity contribution is 6.30. The summed E-state index contributed by atoms with van der Waals surface area (Å²) in [6.45, 7) is 12.2. The molecule has 0 radical (unpaired) electrons. The van der Waals surface area contributed by atoms with Crippen molar-refractivity contribution in [2.75, 3.05) is 11.4 Å². The van der Waals surface area contributed by atoms with Crippen molar-refractivity contribution in [2.45, 2.75) is 52.5 Å². The summed E-state index contributed by atoms with van der Waals surface area (Å²) in [5.74, 6) is 0.222. The van der Waals surface area contributed by atoms with Gasteiger partial charge in [-0.3, -0.25) is 4.79 Å². The normalized spacial score (nSPS) is 18.2. The Morgan fingerprint density at radius 2 is 2.00 bits per heavy atom. The Labute approximate surface area is 172 Å². The van der Waals surface area contributed by atoms with Crippen molar-refractivity contribution in [3.8, 4) is 0 Å². The minimum atomic E-state index is -0.254. The van der Waals surface area contributed by atoms with Crippen LogP contribution in [-0.4, -0.2) is 24.2 Å². The van der Waals surface area contributed by atoms with Crippen LogP contribution in [-0.2, 0) is 0 Å². The first-order valence-electron chi connectivity index (χ1n) is 9.74. The molecule has 0 aromatic heterocycles. The molecule has 1 N–H and O–H groups in total. The molecule has 1 heterocycles. The number of hydrogen-bond acceptors (Lipinski definition) is 3. The first-order chi connectivity index (χ1) is 13.2. The maximum Gasteiger partial charge on any atom is 0.271 e. The van der Waals surface area contributed by atoms with Crippen LogP contribution in [0.15, 0.2) is 41.5 Å². The highest BCUT2D eigenvalue weighted by Gasteiger charge is 2.35. The third-order valence-corrected chi connectivity index (χ3v) is 5.82. The Balaban J connectivity index is 1.82. The molecular weight excluding hydrogens is 370 g/mol. The number of halogens is 1. The highest BCUT2D eigenvalue weighted by atomic mass is 35.5. The highest BCUT2D eigenvalue weighted by Crippen LogP contribution is 2.43. The average Bonchev–Trinajstić information content (AvgIpc) is 2.62. The van der Waals surface area contributed by atoms with Crippen LogP contribution in [0.4, 0.5) is 5.69 Å². The SMILES string of the molecule is CCN1c2cc(C)c(/C=N\NC(=O)c3ccc(Cl)cc3)cc2C(C)CC1(C)C. The first-order valence-corrected chi connectivity index (χ1v) is 10.1. The number of hydrogen-bond donors (Lipinski definition) is 1. The van der Waals surface area contributed by atoms with E-state index in [2.05, 4.69) is 62.2 Å². The summed E-state index contributed by atoms with van der Waals surface area (Å²) in [4.78, 5) is 14.7. The lowest BCUT2D eigenvalue weighted by Crippen LogP contribution is -2.48. The van der Waals surface area contributed by atoms with Crippen molar-refractivity contribution in [3.63, 3.8) is 0 Å². The second kappa shape index (κ2) is 7.96.